The largest absolute Gasteiger partial charge is 0.337 e. The third-order valence-electron chi connectivity index (χ3n) is 3.10. The number of amidine groups is 2. The van der Waals surface area contributed by atoms with Crippen LogP contribution in [0.1, 0.15) is 9.75 Å². The van der Waals surface area contributed by atoms with Crippen LogP contribution in [-0.4, -0.2) is 11.7 Å². The van der Waals surface area contributed by atoms with Crippen molar-refractivity contribution in [1.82, 2.24) is 0 Å². The maximum atomic E-state index is 4.75. The van der Waals surface area contributed by atoms with Crippen LogP contribution in [0, 0.1) is 0 Å². The van der Waals surface area contributed by atoms with Gasteiger partial charge in [-0.3, -0.25) is 0 Å². The van der Waals surface area contributed by atoms with E-state index in [1.54, 1.807) is 22.7 Å². The van der Waals surface area contributed by atoms with Crippen molar-refractivity contribution in [3.8, 4) is 0 Å². The monoisotopic (exact) mass is 309 g/mol. The highest BCUT2D eigenvalue weighted by molar-refractivity contribution is 7.12. The maximum Gasteiger partial charge on any atom is 0.172 e. The van der Waals surface area contributed by atoms with E-state index in [1.165, 1.54) is 0 Å². The first-order valence-corrected chi connectivity index (χ1v) is 8.27. The number of thiophene rings is 2. The van der Waals surface area contributed by atoms with Crippen LogP contribution < -0.4 is 5.32 Å². The van der Waals surface area contributed by atoms with Crippen molar-refractivity contribution in [3.63, 3.8) is 0 Å². The van der Waals surface area contributed by atoms with Gasteiger partial charge in [0, 0.05) is 0 Å². The summed E-state index contributed by atoms with van der Waals surface area (Å²) < 4.78 is 0. The van der Waals surface area contributed by atoms with Crippen LogP contribution in [0.2, 0.25) is 0 Å². The Balaban J connectivity index is 1.90. The van der Waals surface area contributed by atoms with Crippen molar-refractivity contribution in [2.24, 2.45) is 9.98 Å². The number of anilines is 1. The van der Waals surface area contributed by atoms with Gasteiger partial charge in [-0.2, -0.15) is 0 Å². The number of rotatable bonds is 2. The van der Waals surface area contributed by atoms with E-state index in [9.17, 15) is 0 Å². The number of aliphatic imine (C=N–C) groups is 2. The second-order valence-electron chi connectivity index (χ2n) is 4.49. The van der Waals surface area contributed by atoms with E-state index >= 15 is 0 Å². The van der Waals surface area contributed by atoms with E-state index in [2.05, 4.69) is 16.8 Å². The van der Waals surface area contributed by atoms with Gasteiger partial charge >= 0.3 is 0 Å². The maximum absolute atomic E-state index is 4.75. The Morgan fingerprint density at radius 1 is 0.762 bits per heavy atom. The second kappa shape index (κ2) is 5.27. The van der Waals surface area contributed by atoms with Crippen molar-refractivity contribution >= 4 is 45.7 Å². The van der Waals surface area contributed by atoms with Gasteiger partial charge in [-0.15, -0.1) is 22.7 Å². The molecule has 0 radical (unpaired) electrons. The van der Waals surface area contributed by atoms with E-state index in [0.717, 1.165) is 32.8 Å². The van der Waals surface area contributed by atoms with Crippen molar-refractivity contribution in [3.05, 3.63) is 69.0 Å². The highest BCUT2D eigenvalue weighted by atomic mass is 32.1. The minimum absolute atomic E-state index is 0.755. The molecule has 1 aromatic carbocycles. The highest BCUT2D eigenvalue weighted by Gasteiger charge is 2.15. The van der Waals surface area contributed by atoms with Crippen LogP contribution in [0.4, 0.5) is 11.4 Å². The van der Waals surface area contributed by atoms with E-state index in [-0.39, 0.29) is 0 Å². The molecule has 3 nitrogen and oxygen atoms in total. The van der Waals surface area contributed by atoms with Gasteiger partial charge in [0.2, 0.25) is 0 Å². The Morgan fingerprint density at radius 3 is 2.29 bits per heavy atom. The Morgan fingerprint density at radius 2 is 1.52 bits per heavy atom. The minimum atomic E-state index is 0.755. The number of fused-ring (bicyclic) bond motifs is 1. The predicted molar refractivity (Wildman–Crippen MR) is 91.4 cm³/mol. The Bertz CT molecular complexity index is 815. The number of hydrogen-bond acceptors (Lipinski definition) is 5. The number of hydrogen-bond donors (Lipinski definition) is 1. The van der Waals surface area contributed by atoms with Gasteiger partial charge in [0.15, 0.2) is 5.84 Å². The normalized spacial score (nSPS) is 13.7. The molecule has 4 rings (SSSR count). The lowest BCUT2D eigenvalue weighted by molar-refractivity contribution is 1.49. The van der Waals surface area contributed by atoms with Crippen molar-refractivity contribution in [1.29, 1.82) is 0 Å². The molecule has 0 saturated carbocycles. The molecule has 0 aliphatic carbocycles. The van der Waals surface area contributed by atoms with Gasteiger partial charge in [-0.25, -0.2) is 9.98 Å². The summed E-state index contributed by atoms with van der Waals surface area (Å²) in [6, 6.07) is 16.2. The van der Waals surface area contributed by atoms with Gasteiger partial charge < -0.3 is 5.32 Å². The van der Waals surface area contributed by atoms with E-state index < -0.39 is 0 Å². The van der Waals surface area contributed by atoms with Crippen LogP contribution in [0.15, 0.2) is 69.3 Å². The number of para-hydroxylation sites is 2. The highest BCUT2D eigenvalue weighted by Crippen LogP contribution is 2.29. The molecular formula is C16H11N3S2. The molecule has 0 saturated heterocycles. The fourth-order valence-corrected chi connectivity index (χ4v) is 3.45. The molecule has 102 valence electrons. The molecule has 0 atom stereocenters. The van der Waals surface area contributed by atoms with E-state index in [0.29, 0.717) is 0 Å². The summed E-state index contributed by atoms with van der Waals surface area (Å²) in [5, 5.41) is 7.50. The van der Waals surface area contributed by atoms with Gasteiger partial charge in [0.05, 0.1) is 21.1 Å². The summed E-state index contributed by atoms with van der Waals surface area (Å²) in [7, 11) is 0. The molecule has 0 spiro atoms. The fraction of sp³-hybridized carbons (Fsp3) is 0. The summed E-state index contributed by atoms with van der Waals surface area (Å²) in [5.41, 5.74) is 1.90. The summed E-state index contributed by atoms with van der Waals surface area (Å²) in [5.74, 6) is 1.60. The van der Waals surface area contributed by atoms with Crippen LogP contribution in [0.5, 0.6) is 0 Å². The summed E-state index contributed by atoms with van der Waals surface area (Å²) in [4.78, 5) is 11.7. The molecule has 1 N–H and O–H groups in total. The van der Waals surface area contributed by atoms with Crippen molar-refractivity contribution in [2.45, 2.75) is 0 Å². The van der Waals surface area contributed by atoms with Gasteiger partial charge in [-0.05, 0) is 35.0 Å². The average Bonchev–Trinajstić information content (AvgIpc) is 3.17. The second-order valence-corrected chi connectivity index (χ2v) is 6.39. The van der Waals surface area contributed by atoms with Crippen LogP contribution in [0.25, 0.3) is 0 Å². The summed E-state index contributed by atoms with van der Waals surface area (Å²) >= 11 is 3.32. The molecule has 1 aliphatic rings. The standard InChI is InChI=1S/C16H11N3S2/c1-2-6-12-11(5-1)17-15(13-7-3-9-20-13)19-16(18-12)14-8-4-10-21-14/h1-10H,(H,17,18,19). The third-order valence-corrected chi connectivity index (χ3v) is 4.84. The lowest BCUT2D eigenvalue weighted by Gasteiger charge is -2.07. The summed E-state index contributed by atoms with van der Waals surface area (Å²) in [6.07, 6.45) is 0. The van der Waals surface area contributed by atoms with Crippen LogP contribution >= 0.6 is 22.7 Å². The molecule has 1 aliphatic heterocycles. The van der Waals surface area contributed by atoms with E-state index in [4.69, 9.17) is 9.98 Å². The smallest absolute Gasteiger partial charge is 0.172 e. The lowest BCUT2D eigenvalue weighted by atomic mass is 10.2. The average molecular weight is 309 g/mol. The van der Waals surface area contributed by atoms with Crippen molar-refractivity contribution in [2.75, 3.05) is 5.32 Å². The molecule has 3 heterocycles. The van der Waals surface area contributed by atoms with Gasteiger partial charge in [0.25, 0.3) is 0 Å². The topological polar surface area (TPSA) is 36.8 Å². The molecule has 0 unspecified atom stereocenters. The van der Waals surface area contributed by atoms with Gasteiger partial charge in [0.1, 0.15) is 5.84 Å². The first-order chi connectivity index (χ1) is 10.4. The Kier molecular flexibility index (Phi) is 3.14. The molecule has 0 fully saturated rings. The Labute approximate surface area is 130 Å². The first-order valence-electron chi connectivity index (χ1n) is 6.51. The zero-order valence-corrected chi connectivity index (χ0v) is 12.6. The van der Waals surface area contributed by atoms with Gasteiger partial charge in [-0.1, -0.05) is 24.3 Å². The first kappa shape index (κ1) is 12.5. The molecule has 0 amide bonds. The molecule has 3 aromatic rings. The SMILES string of the molecule is c1csc(C2=Nc3ccccc3NC(c3cccs3)=N2)c1. The lowest BCUT2D eigenvalue weighted by Crippen LogP contribution is -2.13. The molecule has 0 bridgehead atoms. The van der Waals surface area contributed by atoms with Crippen LogP contribution in [-0.2, 0) is 0 Å². The predicted octanol–water partition coefficient (Wildman–Crippen LogP) is 4.76. The fourth-order valence-electron chi connectivity index (χ4n) is 2.12. The number of benzene rings is 1. The van der Waals surface area contributed by atoms with Crippen molar-refractivity contribution < 1.29 is 0 Å². The zero-order chi connectivity index (χ0) is 14.1. The number of nitrogens with zero attached hydrogens (tertiary/aromatic N) is 2. The zero-order valence-electron chi connectivity index (χ0n) is 11.0. The molecule has 21 heavy (non-hydrogen) atoms. The summed E-state index contributed by atoms with van der Waals surface area (Å²) in [6.45, 7) is 0. The Hall–Kier alpha value is -2.24. The third kappa shape index (κ3) is 2.41. The quantitative estimate of drug-likeness (QED) is 0.728. The van der Waals surface area contributed by atoms with Crippen LogP contribution in [0.3, 0.4) is 0 Å². The molecular weight excluding hydrogens is 298 g/mol. The minimum Gasteiger partial charge on any atom is -0.337 e. The molecule has 5 heteroatoms. The number of nitrogens with one attached hydrogen (secondary N) is 1. The van der Waals surface area contributed by atoms with E-state index in [1.807, 2.05) is 47.8 Å². The molecule has 2 aromatic heterocycles.